The molecular formula is C18H26FN3O15P2S. The molecule has 226 valence electrons. The monoisotopic (exact) mass is 637 g/mol. The van der Waals surface area contributed by atoms with Crippen molar-refractivity contribution >= 4 is 26.3 Å². The molecule has 0 radical (unpaired) electrons. The molecule has 40 heavy (non-hydrogen) atoms. The van der Waals surface area contributed by atoms with Crippen molar-refractivity contribution < 1.29 is 67.1 Å². The Kier molecular flexibility index (Phi) is 10.2. The average Bonchev–Trinajstić information content (AvgIpc) is 3.12. The summed E-state index contributed by atoms with van der Waals surface area (Å²) in [6.07, 6.45) is -11.5. The predicted octanol–water partition coefficient (Wildman–Crippen LogP) is -4.37. The van der Waals surface area contributed by atoms with E-state index in [0.29, 0.717) is 0 Å². The van der Waals surface area contributed by atoms with Crippen molar-refractivity contribution in [3.05, 3.63) is 33.1 Å². The van der Waals surface area contributed by atoms with Crippen molar-refractivity contribution in [2.24, 2.45) is 5.73 Å². The number of nitrogens with zero attached hydrogens (tertiary/aromatic N) is 1. The number of terminal acetylenes is 1. The molecule has 3 rings (SSSR count). The van der Waals surface area contributed by atoms with Crippen LogP contribution in [0.1, 0.15) is 6.23 Å². The molecule has 0 amide bonds. The summed E-state index contributed by atoms with van der Waals surface area (Å²) in [5.41, 5.74) is 2.23. The molecule has 12 atom stereocenters. The second kappa shape index (κ2) is 12.4. The fraction of sp³-hybridized carbons (Fsp3) is 0.667. The molecule has 1 aromatic rings. The number of halogens is 1. The molecule has 2 saturated heterocycles. The number of nitrogens with one attached hydrogen (secondary N) is 1. The Morgan fingerprint density at radius 3 is 2.48 bits per heavy atom. The zero-order valence-corrected chi connectivity index (χ0v) is 22.5. The first kappa shape index (κ1) is 33.0. The first-order valence-electron chi connectivity index (χ1n) is 11.0. The minimum absolute atomic E-state index is 0.748. The van der Waals surface area contributed by atoms with Gasteiger partial charge in [-0.05, 0) is 11.8 Å². The van der Waals surface area contributed by atoms with Crippen LogP contribution >= 0.6 is 14.5 Å². The van der Waals surface area contributed by atoms with E-state index in [1.807, 2.05) is 4.98 Å². The summed E-state index contributed by atoms with van der Waals surface area (Å²) < 4.78 is 51.3. The van der Waals surface area contributed by atoms with E-state index in [4.69, 9.17) is 31.3 Å². The molecule has 0 saturated carbocycles. The van der Waals surface area contributed by atoms with E-state index in [1.165, 1.54) is 0 Å². The van der Waals surface area contributed by atoms with Gasteiger partial charge >= 0.3 is 20.2 Å². The van der Waals surface area contributed by atoms with Gasteiger partial charge in [-0.2, -0.15) is 0 Å². The maximum atomic E-state index is 13.9. The van der Waals surface area contributed by atoms with Crippen LogP contribution in [0, 0.1) is 12.3 Å². The summed E-state index contributed by atoms with van der Waals surface area (Å²) in [5, 5.41) is 49.2. The van der Waals surface area contributed by atoms with E-state index in [-0.39, 0.29) is 0 Å². The van der Waals surface area contributed by atoms with Crippen LogP contribution in [0.15, 0.2) is 21.9 Å². The van der Waals surface area contributed by atoms with Crippen molar-refractivity contribution in [2.45, 2.75) is 60.9 Å². The highest BCUT2D eigenvalue weighted by molar-refractivity contribution is 8.08. The number of aliphatic hydroxyl groups is 5. The number of alkyl halides is 1. The zero-order chi connectivity index (χ0) is 30.2. The molecule has 7 unspecified atom stereocenters. The van der Waals surface area contributed by atoms with E-state index in [9.17, 15) is 48.8 Å². The Bertz CT molecular complexity index is 1330. The maximum Gasteiger partial charge on any atom is 0.481 e. The van der Waals surface area contributed by atoms with E-state index < -0.39 is 99.9 Å². The number of hydrogen-bond donors (Lipinski definition) is 9. The van der Waals surface area contributed by atoms with Crippen molar-refractivity contribution in [3.8, 4) is 12.3 Å². The predicted molar refractivity (Wildman–Crippen MR) is 130 cm³/mol. The van der Waals surface area contributed by atoms with Crippen molar-refractivity contribution in [2.75, 3.05) is 13.2 Å². The highest BCUT2D eigenvalue weighted by Gasteiger charge is 2.55. The third kappa shape index (κ3) is 6.94. The van der Waals surface area contributed by atoms with Gasteiger partial charge in [0.25, 0.3) is 5.56 Å². The summed E-state index contributed by atoms with van der Waals surface area (Å²) in [6, 6.07) is 0.949. The molecule has 2 aliphatic rings. The molecule has 18 nitrogen and oxygen atoms in total. The molecule has 2 fully saturated rings. The van der Waals surface area contributed by atoms with Gasteiger partial charge in [0.15, 0.2) is 24.2 Å². The normalized spacial score (nSPS) is 38.2. The van der Waals surface area contributed by atoms with Gasteiger partial charge < -0.3 is 55.1 Å². The number of aromatic amines is 1. The van der Waals surface area contributed by atoms with E-state index >= 15 is 0 Å². The number of H-pyrrole nitrogens is 1. The number of aromatic nitrogens is 2. The zero-order valence-electron chi connectivity index (χ0n) is 19.9. The van der Waals surface area contributed by atoms with Gasteiger partial charge in [-0.15, -0.1) is 6.42 Å². The van der Waals surface area contributed by atoms with Crippen LogP contribution in [0.5, 0.6) is 0 Å². The average molecular weight is 637 g/mol. The summed E-state index contributed by atoms with van der Waals surface area (Å²) in [7, 11) is -5.54. The number of ether oxygens (including phenoxy) is 2. The van der Waals surface area contributed by atoms with Crippen LogP contribution in [0.3, 0.4) is 0 Å². The molecule has 0 spiro atoms. The third-order valence-corrected chi connectivity index (χ3v) is 9.41. The van der Waals surface area contributed by atoms with Crippen LogP contribution in [-0.4, -0.2) is 113 Å². The molecule has 3 heterocycles. The van der Waals surface area contributed by atoms with Gasteiger partial charge in [0.2, 0.25) is 0 Å². The fourth-order valence-electron chi connectivity index (χ4n) is 3.84. The van der Waals surface area contributed by atoms with Crippen LogP contribution in [0.25, 0.3) is 0 Å². The summed E-state index contributed by atoms with van der Waals surface area (Å²) in [6.45, 7) is -6.85. The first-order valence-corrected chi connectivity index (χ1v) is 15.1. The van der Waals surface area contributed by atoms with E-state index in [2.05, 4.69) is 26.6 Å². The Morgan fingerprint density at radius 2 is 1.90 bits per heavy atom. The summed E-state index contributed by atoms with van der Waals surface area (Å²) in [5.74, 6) is 2.08. The fourth-order valence-corrected chi connectivity index (χ4v) is 6.94. The van der Waals surface area contributed by atoms with Crippen molar-refractivity contribution in [1.29, 1.82) is 0 Å². The number of phosphoric ester groups is 1. The number of hydrogen-bond acceptors (Lipinski definition) is 15. The lowest BCUT2D eigenvalue weighted by molar-refractivity contribution is -0.287. The molecular weight excluding hydrogens is 611 g/mol. The second-order valence-electron chi connectivity index (χ2n) is 8.63. The SMILES string of the molecule is C#C[C@@]1(N)[C@H](O)[C@@H](COP(O)(=S)OP(=O)(O)OC2OC([C@@H](F)CO)C(O)C(O)C2O)O[C@H]1n1ccc(=O)[nH]c1=O. The summed E-state index contributed by atoms with van der Waals surface area (Å²) in [4.78, 5) is 45.8. The molecule has 22 heteroatoms. The van der Waals surface area contributed by atoms with Crippen LogP contribution in [0.4, 0.5) is 4.39 Å². The topological polar surface area (TPSA) is 286 Å². The number of rotatable bonds is 10. The minimum atomic E-state index is -5.54. The molecule has 0 aromatic carbocycles. The molecule has 0 bridgehead atoms. The quantitative estimate of drug-likeness (QED) is 0.0865. The third-order valence-electron chi connectivity index (χ3n) is 5.89. The van der Waals surface area contributed by atoms with Crippen LogP contribution in [-0.2, 0) is 39.2 Å². The van der Waals surface area contributed by atoms with Crippen molar-refractivity contribution in [3.63, 3.8) is 0 Å². The number of aliphatic hydroxyl groups excluding tert-OH is 5. The van der Waals surface area contributed by atoms with E-state index in [1.54, 1.807) is 0 Å². The largest absolute Gasteiger partial charge is 0.481 e. The van der Waals surface area contributed by atoms with E-state index in [0.717, 1.165) is 16.8 Å². The molecule has 2 aliphatic heterocycles. The Labute approximate surface area is 228 Å². The molecule has 1 aromatic heterocycles. The Morgan fingerprint density at radius 1 is 1.25 bits per heavy atom. The molecule has 0 aliphatic carbocycles. The van der Waals surface area contributed by atoms with Crippen LogP contribution in [0.2, 0.25) is 0 Å². The van der Waals surface area contributed by atoms with Crippen molar-refractivity contribution in [1.82, 2.24) is 9.55 Å². The van der Waals surface area contributed by atoms with Gasteiger partial charge in [0, 0.05) is 12.3 Å². The lowest BCUT2D eigenvalue weighted by Crippen LogP contribution is -2.60. The summed E-state index contributed by atoms with van der Waals surface area (Å²) >= 11 is 4.65. The van der Waals surface area contributed by atoms with Gasteiger partial charge in [-0.3, -0.25) is 18.9 Å². The highest BCUT2D eigenvalue weighted by atomic mass is 32.5. The first-order chi connectivity index (χ1) is 18.5. The van der Waals surface area contributed by atoms with Crippen LogP contribution < -0.4 is 17.0 Å². The lowest BCUT2D eigenvalue weighted by Gasteiger charge is -2.41. The lowest BCUT2D eigenvalue weighted by atomic mass is 9.92. The minimum Gasteiger partial charge on any atom is -0.393 e. The Balaban J connectivity index is 1.69. The number of phosphoric acid groups is 1. The smallest absolute Gasteiger partial charge is 0.393 e. The number of nitrogens with two attached hydrogens (primary N) is 1. The molecule has 10 N–H and O–H groups in total. The standard InChI is InChI=1S/C18H26FN3O15P2S/c1-2-18(20)14(28)8(34-16(18)22-4-3-9(24)21-17(22)29)6-33-39(32,40)37-38(30,31)36-15-12(27)10(25)11(26)13(35-15)7(19)5-23/h1,3-4,7-8,10-16,23,25-28H,5-6,20H2,(H,30,31)(H,32,40)(H,21,24,29)/t7-,8+,10?,11?,12?,13?,14+,15?,16+,18+,39?/m0/s1. The second-order valence-corrected chi connectivity index (χ2v) is 13.0. The Hall–Kier alpha value is -1.47. The maximum absolute atomic E-state index is 13.9. The highest BCUT2D eigenvalue weighted by Crippen LogP contribution is 2.61. The van der Waals surface area contributed by atoms with Gasteiger partial charge in [0.1, 0.15) is 36.6 Å². The van der Waals surface area contributed by atoms with Gasteiger partial charge in [0.05, 0.1) is 13.2 Å². The van der Waals surface area contributed by atoms with Gasteiger partial charge in [-0.25, -0.2) is 18.1 Å². The van der Waals surface area contributed by atoms with Gasteiger partial charge in [-0.1, -0.05) is 5.92 Å².